The zero-order valence-corrected chi connectivity index (χ0v) is 16.8. The number of benzene rings is 2. The minimum Gasteiger partial charge on any atom is -0.481 e. The second kappa shape index (κ2) is 8.57. The Labute approximate surface area is 173 Å². The average molecular weight is 408 g/mol. The second-order valence-corrected chi connectivity index (χ2v) is 7.48. The minimum atomic E-state index is -0.706. The van der Waals surface area contributed by atoms with Crippen LogP contribution in [0.25, 0.3) is 21.7 Å². The van der Waals surface area contributed by atoms with E-state index in [1.807, 2.05) is 23.1 Å². The molecule has 0 aliphatic carbocycles. The molecule has 2 heterocycles. The average Bonchev–Trinajstić information content (AvgIpc) is 3.15. The Kier molecular flexibility index (Phi) is 5.70. The van der Waals surface area contributed by atoms with Crippen molar-refractivity contribution >= 4 is 33.6 Å². The van der Waals surface area contributed by atoms with E-state index in [0.717, 1.165) is 23.7 Å². The fraction of sp³-hybridized carbons (Fsp3) is 0.348. The summed E-state index contributed by atoms with van der Waals surface area (Å²) in [6, 6.07) is 12.5. The predicted molar refractivity (Wildman–Crippen MR) is 114 cm³/mol. The highest BCUT2D eigenvalue weighted by atomic mass is 16.5. The van der Waals surface area contributed by atoms with E-state index in [9.17, 15) is 14.4 Å². The fourth-order valence-corrected chi connectivity index (χ4v) is 3.76. The largest absolute Gasteiger partial charge is 0.481 e. The number of hydrogen-bond donors (Lipinski definition) is 1. The van der Waals surface area contributed by atoms with E-state index in [1.54, 1.807) is 31.2 Å². The van der Waals surface area contributed by atoms with Gasteiger partial charge in [-0.2, -0.15) is 0 Å². The maximum atomic E-state index is 12.3. The number of fused-ring (bicyclic) bond motifs is 3. The third kappa shape index (κ3) is 4.15. The van der Waals surface area contributed by atoms with E-state index in [-0.39, 0.29) is 11.8 Å². The van der Waals surface area contributed by atoms with Gasteiger partial charge in [0.15, 0.2) is 6.10 Å². The number of likely N-dealkylation sites (tertiary alicyclic amines) is 1. The monoisotopic (exact) mass is 408 g/mol. The van der Waals surface area contributed by atoms with Gasteiger partial charge < -0.3 is 19.4 Å². The van der Waals surface area contributed by atoms with Gasteiger partial charge in [-0.1, -0.05) is 18.2 Å². The van der Waals surface area contributed by atoms with Gasteiger partial charge >= 0.3 is 5.63 Å². The molecule has 0 radical (unpaired) electrons. The van der Waals surface area contributed by atoms with Crippen LogP contribution in [0.15, 0.2) is 51.7 Å². The van der Waals surface area contributed by atoms with Crippen LogP contribution in [0.3, 0.4) is 0 Å². The summed E-state index contributed by atoms with van der Waals surface area (Å²) in [7, 11) is 0. The van der Waals surface area contributed by atoms with Crippen molar-refractivity contribution in [2.24, 2.45) is 0 Å². The Morgan fingerprint density at radius 1 is 1.17 bits per heavy atom. The molecule has 1 fully saturated rings. The molecule has 2 aromatic carbocycles. The third-order valence-corrected chi connectivity index (χ3v) is 5.35. The van der Waals surface area contributed by atoms with Crippen LogP contribution in [0.1, 0.15) is 26.2 Å². The lowest BCUT2D eigenvalue weighted by atomic mass is 10.1. The highest BCUT2D eigenvalue weighted by Gasteiger charge is 2.20. The summed E-state index contributed by atoms with van der Waals surface area (Å²) in [5, 5.41) is 4.99. The molecule has 1 N–H and O–H groups in total. The summed E-state index contributed by atoms with van der Waals surface area (Å²) < 4.78 is 11.2. The molecular weight excluding hydrogens is 384 g/mol. The molecule has 1 aromatic heterocycles. The Morgan fingerprint density at radius 3 is 2.73 bits per heavy atom. The highest BCUT2D eigenvalue weighted by Crippen LogP contribution is 2.26. The number of hydrogen-bond acceptors (Lipinski definition) is 5. The van der Waals surface area contributed by atoms with Gasteiger partial charge in [0, 0.05) is 37.5 Å². The molecule has 156 valence electrons. The maximum Gasteiger partial charge on any atom is 0.344 e. The van der Waals surface area contributed by atoms with Crippen molar-refractivity contribution in [1.29, 1.82) is 0 Å². The molecule has 7 heteroatoms. The predicted octanol–water partition coefficient (Wildman–Crippen LogP) is 2.84. The van der Waals surface area contributed by atoms with Crippen LogP contribution in [-0.4, -0.2) is 42.5 Å². The number of nitrogens with zero attached hydrogens (tertiary/aromatic N) is 1. The van der Waals surface area contributed by atoms with E-state index in [2.05, 4.69) is 5.32 Å². The van der Waals surface area contributed by atoms with Gasteiger partial charge in [0.25, 0.3) is 5.91 Å². The summed E-state index contributed by atoms with van der Waals surface area (Å²) in [6.45, 7) is 3.61. The summed E-state index contributed by atoms with van der Waals surface area (Å²) in [4.78, 5) is 37.9. The Hall–Kier alpha value is -3.35. The van der Waals surface area contributed by atoms with Gasteiger partial charge in [0.1, 0.15) is 11.3 Å². The van der Waals surface area contributed by atoms with E-state index in [0.29, 0.717) is 42.6 Å². The zero-order chi connectivity index (χ0) is 21.1. The molecule has 2 amide bonds. The van der Waals surface area contributed by atoms with E-state index >= 15 is 0 Å². The van der Waals surface area contributed by atoms with Crippen LogP contribution < -0.4 is 15.7 Å². The molecule has 4 rings (SSSR count). The van der Waals surface area contributed by atoms with Crippen LogP contribution in [-0.2, 0) is 9.59 Å². The Balaban J connectivity index is 1.37. The van der Waals surface area contributed by atoms with E-state index < -0.39 is 11.7 Å². The van der Waals surface area contributed by atoms with Gasteiger partial charge in [0.2, 0.25) is 5.91 Å². The number of ether oxygens (including phenoxy) is 1. The molecule has 1 aliphatic heterocycles. The summed E-state index contributed by atoms with van der Waals surface area (Å²) in [5.41, 5.74) is 0.0108. The number of carbonyl (C=O) groups is 2. The highest BCUT2D eigenvalue weighted by molar-refractivity contribution is 6.04. The normalized spacial score (nSPS) is 15.0. The Morgan fingerprint density at radius 2 is 1.97 bits per heavy atom. The molecule has 30 heavy (non-hydrogen) atoms. The van der Waals surface area contributed by atoms with Crippen molar-refractivity contribution in [3.05, 3.63) is 52.9 Å². The maximum absolute atomic E-state index is 12.3. The SMILES string of the molecule is CC(Oc1ccc2c(c1)oc(=O)c1ccccc12)C(=O)NCCCN1CCCC1=O. The number of rotatable bonds is 7. The van der Waals surface area contributed by atoms with Crippen LogP contribution in [0.4, 0.5) is 0 Å². The fourth-order valence-electron chi connectivity index (χ4n) is 3.76. The van der Waals surface area contributed by atoms with Gasteiger partial charge in [-0.25, -0.2) is 4.79 Å². The standard InChI is InChI=1S/C23H24N2O5/c1-15(22(27)24-11-5-13-25-12-4-8-21(25)26)29-16-9-10-18-17-6-2-3-7-19(17)23(28)30-20(18)14-16/h2-3,6-7,9-10,14-15H,4-5,8,11-13H2,1H3,(H,24,27). The lowest BCUT2D eigenvalue weighted by molar-refractivity contribution is -0.127. The topological polar surface area (TPSA) is 88.8 Å². The lowest BCUT2D eigenvalue weighted by Gasteiger charge is -2.17. The summed E-state index contributed by atoms with van der Waals surface area (Å²) in [6.07, 6.45) is 1.54. The van der Waals surface area contributed by atoms with Gasteiger partial charge in [-0.3, -0.25) is 9.59 Å². The van der Waals surface area contributed by atoms with Crippen molar-refractivity contribution in [2.45, 2.75) is 32.3 Å². The number of carbonyl (C=O) groups excluding carboxylic acids is 2. The molecule has 7 nitrogen and oxygen atoms in total. The van der Waals surface area contributed by atoms with E-state index in [4.69, 9.17) is 9.15 Å². The number of amides is 2. The van der Waals surface area contributed by atoms with Crippen molar-refractivity contribution < 1.29 is 18.7 Å². The minimum absolute atomic E-state index is 0.189. The second-order valence-electron chi connectivity index (χ2n) is 7.48. The molecule has 1 unspecified atom stereocenters. The lowest BCUT2D eigenvalue weighted by Crippen LogP contribution is -2.38. The Bertz CT molecular complexity index is 1150. The molecule has 1 aliphatic rings. The van der Waals surface area contributed by atoms with Crippen LogP contribution in [0.5, 0.6) is 5.75 Å². The first-order chi connectivity index (χ1) is 14.5. The van der Waals surface area contributed by atoms with Crippen molar-refractivity contribution in [1.82, 2.24) is 10.2 Å². The molecule has 1 atom stereocenters. The quantitative estimate of drug-likeness (QED) is 0.369. The molecule has 3 aromatic rings. The number of nitrogens with one attached hydrogen (secondary N) is 1. The van der Waals surface area contributed by atoms with Crippen molar-refractivity contribution in [3.8, 4) is 5.75 Å². The first-order valence-corrected chi connectivity index (χ1v) is 10.2. The molecule has 1 saturated heterocycles. The van der Waals surface area contributed by atoms with Crippen LogP contribution >= 0.6 is 0 Å². The smallest absolute Gasteiger partial charge is 0.344 e. The van der Waals surface area contributed by atoms with E-state index in [1.165, 1.54) is 0 Å². The molecular formula is C23H24N2O5. The molecule has 0 saturated carbocycles. The first-order valence-electron chi connectivity index (χ1n) is 10.2. The van der Waals surface area contributed by atoms with Gasteiger partial charge in [0.05, 0.1) is 5.39 Å². The molecule has 0 bridgehead atoms. The molecule has 0 spiro atoms. The first kappa shape index (κ1) is 19.9. The van der Waals surface area contributed by atoms with Crippen molar-refractivity contribution in [3.63, 3.8) is 0 Å². The summed E-state index contributed by atoms with van der Waals surface area (Å²) in [5.74, 6) is 0.405. The van der Waals surface area contributed by atoms with Gasteiger partial charge in [-0.15, -0.1) is 0 Å². The van der Waals surface area contributed by atoms with Crippen LogP contribution in [0.2, 0.25) is 0 Å². The van der Waals surface area contributed by atoms with Crippen LogP contribution in [0, 0.1) is 0 Å². The van der Waals surface area contributed by atoms with Crippen molar-refractivity contribution in [2.75, 3.05) is 19.6 Å². The third-order valence-electron chi connectivity index (χ3n) is 5.35. The van der Waals surface area contributed by atoms with Gasteiger partial charge in [-0.05, 0) is 43.4 Å². The zero-order valence-electron chi connectivity index (χ0n) is 16.8. The summed E-state index contributed by atoms with van der Waals surface area (Å²) >= 11 is 0.